The van der Waals surface area contributed by atoms with Gasteiger partial charge in [0, 0.05) is 18.0 Å². The molecule has 0 bridgehead atoms. The molecule has 1 atom stereocenters. The van der Waals surface area contributed by atoms with E-state index < -0.39 is 0 Å². The van der Waals surface area contributed by atoms with Gasteiger partial charge in [0.25, 0.3) is 5.91 Å². The molecule has 0 saturated heterocycles. The van der Waals surface area contributed by atoms with Crippen LogP contribution >= 0.6 is 46.3 Å². The van der Waals surface area contributed by atoms with Gasteiger partial charge < -0.3 is 10.6 Å². The van der Waals surface area contributed by atoms with Crippen molar-refractivity contribution in [2.75, 3.05) is 13.1 Å². The molecule has 3 nitrogen and oxygen atoms in total. The maximum atomic E-state index is 11.6. The number of likely N-dealkylation sites (N-methyl/N-ethyl adjacent to an activating group) is 1. The fourth-order valence-corrected chi connectivity index (χ4v) is 2.52. The minimum absolute atomic E-state index is 0. The molecule has 0 aliphatic rings. The second-order valence-corrected chi connectivity index (χ2v) is 6.11. The molecule has 92 valence electrons. The van der Waals surface area contributed by atoms with Crippen LogP contribution in [0.2, 0.25) is 0 Å². The molecule has 2 N–H and O–H groups in total. The molecule has 1 aromatic rings. The predicted molar refractivity (Wildman–Crippen MR) is 79.8 cm³/mol. The average Bonchev–Trinajstić information content (AvgIpc) is 2.62. The largest absolute Gasteiger partial charge is 0.350 e. The molecule has 16 heavy (non-hydrogen) atoms. The van der Waals surface area contributed by atoms with E-state index in [4.69, 9.17) is 0 Å². The maximum Gasteiger partial charge on any atom is 0.252 e. The summed E-state index contributed by atoms with van der Waals surface area (Å²) in [6, 6.07) is 2.22. The zero-order valence-corrected chi connectivity index (χ0v) is 13.0. The van der Waals surface area contributed by atoms with Crippen LogP contribution in [0.1, 0.15) is 24.2 Å². The SMILES string of the molecule is CCN[C@H](C)CNC(=O)c1csc(I)c1.Cl. The van der Waals surface area contributed by atoms with Gasteiger partial charge in [0.15, 0.2) is 0 Å². The van der Waals surface area contributed by atoms with Crippen LogP contribution in [0.25, 0.3) is 0 Å². The average molecular weight is 375 g/mol. The minimum Gasteiger partial charge on any atom is -0.350 e. The Labute approximate surface area is 120 Å². The number of thiophene rings is 1. The number of amides is 1. The van der Waals surface area contributed by atoms with Crippen LogP contribution < -0.4 is 10.6 Å². The Morgan fingerprint density at radius 1 is 1.62 bits per heavy atom. The first kappa shape index (κ1) is 16.1. The second-order valence-electron chi connectivity index (χ2n) is 3.31. The molecule has 1 amide bonds. The first-order valence-corrected chi connectivity index (χ1v) is 6.85. The van der Waals surface area contributed by atoms with E-state index >= 15 is 0 Å². The van der Waals surface area contributed by atoms with Crippen LogP contribution in [0, 0.1) is 2.88 Å². The summed E-state index contributed by atoms with van der Waals surface area (Å²) >= 11 is 3.80. The lowest BCUT2D eigenvalue weighted by Crippen LogP contribution is -2.38. The van der Waals surface area contributed by atoms with Crippen molar-refractivity contribution in [3.63, 3.8) is 0 Å². The number of halogens is 2. The van der Waals surface area contributed by atoms with Crippen molar-refractivity contribution in [1.82, 2.24) is 10.6 Å². The third-order valence-corrected chi connectivity index (χ3v) is 3.74. The molecular formula is C10H16ClIN2OS. The standard InChI is InChI=1S/C10H15IN2OS.ClH/c1-3-12-7(2)5-13-10(14)8-4-9(11)15-6-8;/h4,6-7,12H,3,5H2,1-2H3,(H,13,14);1H/t7-;/m1./s1. The number of rotatable bonds is 5. The molecule has 0 aromatic carbocycles. The predicted octanol–water partition coefficient (Wildman–Crippen LogP) is 2.50. The Kier molecular flexibility index (Phi) is 8.35. The molecule has 0 spiro atoms. The van der Waals surface area contributed by atoms with Crippen LogP contribution in [-0.2, 0) is 0 Å². The Morgan fingerprint density at radius 3 is 2.81 bits per heavy atom. The van der Waals surface area contributed by atoms with Gasteiger partial charge in [0.2, 0.25) is 0 Å². The molecule has 1 aromatic heterocycles. The van der Waals surface area contributed by atoms with Crippen molar-refractivity contribution in [3.05, 3.63) is 19.9 Å². The lowest BCUT2D eigenvalue weighted by molar-refractivity contribution is 0.0950. The summed E-state index contributed by atoms with van der Waals surface area (Å²) in [6.07, 6.45) is 0. The lowest BCUT2D eigenvalue weighted by atomic mass is 10.3. The lowest BCUT2D eigenvalue weighted by Gasteiger charge is -2.12. The molecule has 6 heteroatoms. The van der Waals surface area contributed by atoms with E-state index in [1.54, 1.807) is 11.3 Å². The zero-order valence-electron chi connectivity index (χ0n) is 9.25. The van der Waals surface area contributed by atoms with Crippen LogP contribution in [0.3, 0.4) is 0 Å². The van der Waals surface area contributed by atoms with E-state index in [1.165, 1.54) is 0 Å². The molecule has 0 aliphatic heterocycles. The van der Waals surface area contributed by atoms with Crippen LogP contribution in [-0.4, -0.2) is 25.0 Å². The highest BCUT2D eigenvalue weighted by Gasteiger charge is 2.08. The molecule has 1 rings (SSSR count). The Morgan fingerprint density at radius 2 is 2.31 bits per heavy atom. The maximum absolute atomic E-state index is 11.6. The van der Waals surface area contributed by atoms with Gasteiger partial charge in [-0.15, -0.1) is 23.7 Å². The molecule has 0 unspecified atom stereocenters. The van der Waals surface area contributed by atoms with Gasteiger partial charge >= 0.3 is 0 Å². The molecule has 0 aliphatic carbocycles. The Bertz CT molecular complexity index is 332. The van der Waals surface area contributed by atoms with Gasteiger partial charge in [-0.25, -0.2) is 0 Å². The highest BCUT2D eigenvalue weighted by atomic mass is 127. The quantitative estimate of drug-likeness (QED) is 0.778. The highest BCUT2D eigenvalue weighted by molar-refractivity contribution is 14.1. The smallest absolute Gasteiger partial charge is 0.252 e. The molecular weight excluding hydrogens is 359 g/mol. The van der Waals surface area contributed by atoms with Crippen molar-refractivity contribution < 1.29 is 4.79 Å². The van der Waals surface area contributed by atoms with Crippen molar-refractivity contribution in [2.24, 2.45) is 0 Å². The van der Waals surface area contributed by atoms with E-state index in [2.05, 4.69) is 47.1 Å². The van der Waals surface area contributed by atoms with Crippen LogP contribution in [0.4, 0.5) is 0 Å². The van der Waals surface area contributed by atoms with Crippen molar-refractivity contribution in [2.45, 2.75) is 19.9 Å². The van der Waals surface area contributed by atoms with E-state index in [0.717, 1.165) is 15.0 Å². The zero-order chi connectivity index (χ0) is 11.3. The number of carbonyl (C=O) groups excluding carboxylic acids is 1. The molecule has 0 saturated carbocycles. The van der Waals surface area contributed by atoms with Gasteiger partial charge in [-0.1, -0.05) is 6.92 Å². The normalized spacial score (nSPS) is 11.7. The third kappa shape index (κ3) is 5.47. The number of carbonyl (C=O) groups is 1. The summed E-state index contributed by atoms with van der Waals surface area (Å²) in [6.45, 7) is 5.70. The fourth-order valence-electron chi connectivity index (χ4n) is 1.20. The Balaban J connectivity index is 0.00000225. The van der Waals surface area contributed by atoms with Gasteiger partial charge in [-0.2, -0.15) is 0 Å². The summed E-state index contributed by atoms with van der Waals surface area (Å²) < 4.78 is 1.14. The van der Waals surface area contributed by atoms with Crippen LogP contribution in [0.5, 0.6) is 0 Å². The first-order chi connectivity index (χ1) is 7.13. The van der Waals surface area contributed by atoms with E-state index in [-0.39, 0.29) is 18.3 Å². The number of hydrogen-bond donors (Lipinski definition) is 2. The summed E-state index contributed by atoms with van der Waals surface area (Å²) in [4.78, 5) is 11.6. The summed E-state index contributed by atoms with van der Waals surface area (Å²) in [5.74, 6) is 0.0129. The third-order valence-electron chi connectivity index (χ3n) is 1.95. The monoisotopic (exact) mass is 374 g/mol. The van der Waals surface area contributed by atoms with Gasteiger partial charge in [0.05, 0.1) is 8.45 Å². The molecule has 1 heterocycles. The van der Waals surface area contributed by atoms with Gasteiger partial charge in [0.1, 0.15) is 0 Å². The molecule has 0 radical (unpaired) electrons. The fraction of sp³-hybridized carbons (Fsp3) is 0.500. The molecule has 0 fully saturated rings. The van der Waals surface area contributed by atoms with Gasteiger partial charge in [-0.3, -0.25) is 4.79 Å². The summed E-state index contributed by atoms with van der Waals surface area (Å²) in [5, 5.41) is 8.03. The van der Waals surface area contributed by atoms with E-state index in [1.807, 2.05) is 11.4 Å². The van der Waals surface area contributed by atoms with Crippen molar-refractivity contribution in [3.8, 4) is 0 Å². The summed E-state index contributed by atoms with van der Waals surface area (Å²) in [5.41, 5.74) is 0.757. The number of hydrogen-bond acceptors (Lipinski definition) is 3. The highest BCUT2D eigenvalue weighted by Crippen LogP contribution is 2.16. The topological polar surface area (TPSA) is 41.1 Å². The number of nitrogens with one attached hydrogen (secondary N) is 2. The van der Waals surface area contributed by atoms with Gasteiger partial charge in [-0.05, 0) is 42.1 Å². The van der Waals surface area contributed by atoms with Crippen molar-refractivity contribution in [1.29, 1.82) is 0 Å². The first-order valence-electron chi connectivity index (χ1n) is 4.89. The Hall–Kier alpha value is 0.150. The van der Waals surface area contributed by atoms with Crippen LogP contribution in [0.15, 0.2) is 11.4 Å². The van der Waals surface area contributed by atoms with E-state index in [9.17, 15) is 4.79 Å². The summed E-state index contributed by atoms with van der Waals surface area (Å²) in [7, 11) is 0. The van der Waals surface area contributed by atoms with E-state index in [0.29, 0.717) is 12.6 Å². The second kappa shape index (κ2) is 8.27. The minimum atomic E-state index is 0. The van der Waals surface area contributed by atoms with Crippen molar-refractivity contribution >= 4 is 52.2 Å².